The lowest BCUT2D eigenvalue weighted by Gasteiger charge is -2.09. The number of aliphatic carboxylic acids is 1. The van der Waals surface area contributed by atoms with E-state index in [0.29, 0.717) is 18.9 Å². The minimum absolute atomic E-state index is 0.255. The van der Waals surface area contributed by atoms with Gasteiger partial charge < -0.3 is 9.84 Å². The molecule has 0 radical (unpaired) electrons. The number of ether oxygens (including phenoxy) is 1. The molecule has 74 valence electrons. The Balaban J connectivity index is 3.57. The molecule has 1 N–H and O–H groups in total. The van der Waals surface area contributed by atoms with Crippen molar-refractivity contribution in [2.45, 2.75) is 19.8 Å². The van der Waals surface area contributed by atoms with Crippen LogP contribution in [0.25, 0.3) is 0 Å². The van der Waals surface area contributed by atoms with Gasteiger partial charge in [0.2, 0.25) is 0 Å². The summed E-state index contributed by atoms with van der Waals surface area (Å²) in [5, 5.41) is 8.52. The topological polar surface area (TPSA) is 46.5 Å². The van der Waals surface area contributed by atoms with Crippen molar-refractivity contribution in [3.63, 3.8) is 0 Å². The number of hydrogen-bond donors (Lipinski definition) is 1. The van der Waals surface area contributed by atoms with Crippen molar-refractivity contribution in [1.82, 2.24) is 0 Å². The molecule has 3 heteroatoms. The van der Waals surface area contributed by atoms with Gasteiger partial charge in [0.15, 0.2) is 0 Å². The predicted octanol–water partition coefficient (Wildman–Crippen LogP) is 2.20. The molecule has 0 aromatic rings. The first-order valence-corrected chi connectivity index (χ1v) is 4.21. The minimum atomic E-state index is -0.920. The lowest BCUT2D eigenvalue weighted by Crippen LogP contribution is -2.06. The molecule has 0 heterocycles. The number of carboxylic acid groups (broad SMARTS) is 1. The van der Waals surface area contributed by atoms with Crippen LogP contribution in [0.2, 0.25) is 0 Å². The molecule has 13 heavy (non-hydrogen) atoms. The summed E-state index contributed by atoms with van der Waals surface area (Å²) in [6.45, 7) is 9.45. The van der Waals surface area contributed by atoms with Gasteiger partial charge in [-0.25, -0.2) is 4.79 Å². The molecule has 0 rings (SSSR count). The summed E-state index contributed by atoms with van der Waals surface area (Å²) in [6, 6.07) is 0. The smallest absolute Gasteiger partial charge is 0.330 e. The van der Waals surface area contributed by atoms with Gasteiger partial charge in [-0.2, -0.15) is 0 Å². The van der Waals surface area contributed by atoms with Crippen molar-refractivity contribution in [2.75, 3.05) is 6.61 Å². The Morgan fingerprint density at radius 1 is 1.69 bits per heavy atom. The van der Waals surface area contributed by atoms with Gasteiger partial charge in [0.1, 0.15) is 0 Å². The second-order valence-corrected chi connectivity index (χ2v) is 3.05. The van der Waals surface area contributed by atoms with E-state index in [1.165, 1.54) is 6.26 Å². The molecule has 0 saturated heterocycles. The summed E-state index contributed by atoms with van der Waals surface area (Å²) >= 11 is 0. The molecular formula is C10H16O3. The number of carbonyl (C=O) groups is 1. The Hall–Kier alpha value is -1.25. The molecule has 3 nitrogen and oxygen atoms in total. The van der Waals surface area contributed by atoms with Gasteiger partial charge in [-0.15, -0.1) is 0 Å². The van der Waals surface area contributed by atoms with Crippen molar-refractivity contribution in [3.05, 3.63) is 25.0 Å². The maximum absolute atomic E-state index is 10.4. The highest BCUT2D eigenvalue weighted by Gasteiger charge is 2.07. The van der Waals surface area contributed by atoms with E-state index in [4.69, 9.17) is 9.84 Å². The van der Waals surface area contributed by atoms with Gasteiger partial charge in [0, 0.05) is 5.57 Å². The van der Waals surface area contributed by atoms with Crippen molar-refractivity contribution >= 4 is 5.97 Å². The summed E-state index contributed by atoms with van der Waals surface area (Å²) < 4.78 is 4.97. The van der Waals surface area contributed by atoms with Crippen molar-refractivity contribution in [3.8, 4) is 0 Å². The normalized spacial score (nSPS) is 11.8. The molecule has 0 aromatic heterocycles. The molecule has 0 saturated carbocycles. The monoisotopic (exact) mass is 184 g/mol. The van der Waals surface area contributed by atoms with E-state index in [0.717, 1.165) is 6.42 Å². The zero-order valence-electron chi connectivity index (χ0n) is 7.95. The third kappa shape index (κ3) is 5.96. The summed E-state index contributed by atoms with van der Waals surface area (Å²) in [7, 11) is 0. The first-order chi connectivity index (χ1) is 6.07. The third-order valence-electron chi connectivity index (χ3n) is 1.74. The van der Waals surface area contributed by atoms with E-state index in [9.17, 15) is 4.79 Å². The fourth-order valence-electron chi connectivity index (χ4n) is 0.843. The van der Waals surface area contributed by atoms with E-state index >= 15 is 0 Å². The Labute approximate surface area is 78.7 Å². The van der Waals surface area contributed by atoms with Crippen molar-refractivity contribution < 1.29 is 14.6 Å². The highest BCUT2D eigenvalue weighted by Crippen LogP contribution is 2.11. The zero-order chi connectivity index (χ0) is 10.3. The van der Waals surface area contributed by atoms with Crippen LogP contribution in [0.4, 0.5) is 0 Å². The molecule has 0 aromatic carbocycles. The Bertz CT molecular complexity index is 196. The highest BCUT2D eigenvalue weighted by molar-refractivity contribution is 5.85. The molecule has 0 aliphatic carbocycles. The summed E-state index contributed by atoms with van der Waals surface area (Å²) in [5.74, 6) is -0.592. The van der Waals surface area contributed by atoms with Crippen LogP contribution in [-0.4, -0.2) is 17.7 Å². The average molecular weight is 184 g/mol. The molecular weight excluding hydrogens is 168 g/mol. The van der Waals surface area contributed by atoms with Crippen LogP contribution in [0.3, 0.4) is 0 Å². The first-order valence-electron chi connectivity index (χ1n) is 4.21. The first kappa shape index (κ1) is 11.8. The molecule has 0 spiro atoms. The van der Waals surface area contributed by atoms with E-state index in [1.807, 2.05) is 6.92 Å². The molecule has 0 aliphatic rings. The van der Waals surface area contributed by atoms with Gasteiger partial charge in [-0.3, -0.25) is 0 Å². The van der Waals surface area contributed by atoms with E-state index in [-0.39, 0.29) is 5.57 Å². The summed E-state index contributed by atoms with van der Waals surface area (Å²) in [4.78, 5) is 10.4. The van der Waals surface area contributed by atoms with E-state index < -0.39 is 5.97 Å². The van der Waals surface area contributed by atoms with Crippen molar-refractivity contribution in [1.29, 1.82) is 0 Å². The Kier molecular flexibility index (Phi) is 5.68. The maximum atomic E-state index is 10.4. The van der Waals surface area contributed by atoms with Gasteiger partial charge in [-0.1, -0.05) is 20.1 Å². The number of hydrogen-bond acceptors (Lipinski definition) is 2. The van der Waals surface area contributed by atoms with Crippen LogP contribution < -0.4 is 0 Å². The molecule has 0 amide bonds. The minimum Gasteiger partial charge on any atom is -0.502 e. The lowest BCUT2D eigenvalue weighted by molar-refractivity contribution is -0.132. The van der Waals surface area contributed by atoms with Gasteiger partial charge >= 0.3 is 5.97 Å². The molecule has 1 atom stereocenters. The summed E-state index contributed by atoms with van der Waals surface area (Å²) in [5.41, 5.74) is 0.255. The van der Waals surface area contributed by atoms with Gasteiger partial charge in [0.25, 0.3) is 0 Å². The van der Waals surface area contributed by atoms with Gasteiger partial charge in [0.05, 0.1) is 12.9 Å². The van der Waals surface area contributed by atoms with E-state index in [1.54, 1.807) is 0 Å². The number of rotatable bonds is 7. The lowest BCUT2D eigenvalue weighted by atomic mass is 10.0. The van der Waals surface area contributed by atoms with Crippen LogP contribution in [0.15, 0.2) is 25.0 Å². The molecule has 0 fully saturated rings. The molecule has 0 bridgehead atoms. The van der Waals surface area contributed by atoms with E-state index in [2.05, 4.69) is 13.2 Å². The van der Waals surface area contributed by atoms with Crippen LogP contribution in [-0.2, 0) is 9.53 Å². The van der Waals surface area contributed by atoms with Gasteiger partial charge in [-0.05, 0) is 18.8 Å². The zero-order valence-corrected chi connectivity index (χ0v) is 7.95. The van der Waals surface area contributed by atoms with Crippen LogP contribution in [0.1, 0.15) is 19.8 Å². The van der Waals surface area contributed by atoms with Crippen LogP contribution in [0, 0.1) is 5.92 Å². The predicted molar refractivity (Wildman–Crippen MR) is 51.3 cm³/mol. The average Bonchev–Trinajstić information content (AvgIpc) is 2.10. The van der Waals surface area contributed by atoms with Crippen molar-refractivity contribution in [2.24, 2.45) is 5.92 Å². The molecule has 1 unspecified atom stereocenters. The fraction of sp³-hybridized carbons (Fsp3) is 0.500. The highest BCUT2D eigenvalue weighted by atomic mass is 16.5. The number of carboxylic acids is 1. The summed E-state index contributed by atoms with van der Waals surface area (Å²) in [6.07, 6.45) is 2.68. The maximum Gasteiger partial charge on any atom is 0.330 e. The second-order valence-electron chi connectivity index (χ2n) is 3.05. The standard InChI is InChI=1S/C10H16O3/c1-4-13-7-8(2)5-6-9(3)10(11)12/h4,8H,1,3,5-7H2,2H3,(H,11,12). The SMILES string of the molecule is C=COCC(C)CCC(=C)C(=O)O. The molecule has 0 aliphatic heterocycles. The fourth-order valence-corrected chi connectivity index (χ4v) is 0.843. The van der Waals surface area contributed by atoms with Crippen LogP contribution in [0.5, 0.6) is 0 Å². The Morgan fingerprint density at radius 3 is 2.77 bits per heavy atom. The van der Waals surface area contributed by atoms with Crippen LogP contribution >= 0.6 is 0 Å². The Morgan fingerprint density at radius 2 is 2.31 bits per heavy atom. The largest absolute Gasteiger partial charge is 0.502 e. The quantitative estimate of drug-likeness (QED) is 0.487. The third-order valence-corrected chi connectivity index (χ3v) is 1.74. The second kappa shape index (κ2) is 6.29.